The first-order chi connectivity index (χ1) is 13.1. The average Bonchev–Trinajstić information content (AvgIpc) is 3.17. The van der Waals surface area contributed by atoms with Crippen molar-refractivity contribution in [3.05, 3.63) is 64.0 Å². The lowest BCUT2D eigenvalue weighted by Crippen LogP contribution is -1.95. The van der Waals surface area contributed by atoms with Crippen molar-refractivity contribution in [2.45, 2.75) is 13.8 Å². The van der Waals surface area contributed by atoms with Gasteiger partial charge in [0.05, 0.1) is 25.0 Å². The lowest BCUT2D eigenvalue weighted by atomic mass is 10.1. The Balaban J connectivity index is 1.92. The quantitative estimate of drug-likeness (QED) is 0.526. The van der Waals surface area contributed by atoms with Crippen LogP contribution in [0.4, 0.5) is 0 Å². The fourth-order valence-corrected chi connectivity index (χ4v) is 3.41. The molecule has 0 aliphatic carbocycles. The molecule has 2 aromatic carbocycles. The summed E-state index contributed by atoms with van der Waals surface area (Å²) in [6.07, 6.45) is 1.82. The molecule has 0 aliphatic rings. The average molecular weight is 376 g/mol. The van der Waals surface area contributed by atoms with Crippen LogP contribution in [0, 0.1) is 18.3 Å². The van der Waals surface area contributed by atoms with Crippen LogP contribution in [0.15, 0.2) is 47.8 Å². The van der Waals surface area contributed by atoms with E-state index < -0.39 is 0 Å². The van der Waals surface area contributed by atoms with E-state index in [1.807, 2.05) is 48.7 Å². The van der Waals surface area contributed by atoms with Crippen molar-refractivity contribution >= 4 is 23.0 Å². The number of aryl methyl sites for hydroxylation is 1. The van der Waals surface area contributed by atoms with Gasteiger partial charge >= 0.3 is 0 Å². The number of allylic oxidation sites excluding steroid dienone is 1. The molecule has 0 bridgehead atoms. The summed E-state index contributed by atoms with van der Waals surface area (Å²) in [6.45, 7) is 4.52. The molecule has 0 unspecified atom stereocenters. The van der Waals surface area contributed by atoms with Crippen molar-refractivity contribution in [3.63, 3.8) is 0 Å². The fraction of sp³-hybridized carbons (Fsp3) is 0.182. The third-order valence-corrected chi connectivity index (χ3v) is 4.88. The summed E-state index contributed by atoms with van der Waals surface area (Å²) >= 11 is 1.46. The van der Waals surface area contributed by atoms with Gasteiger partial charge in [-0.05, 0) is 37.6 Å². The molecule has 0 spiro atoms. The van der Waals surface area contributed by atoms with E-state index in [0.29, 0.717) is 28.7 Å². The van der Waals surface area contributed by atoms with Crippen LogP contribution in [0.1, 0.15) is 23.1 Å². The Morgan fingerprint density at radius 2 is 1.96 bits per heavy atom. The number of ether oxygens (including phenoxy) is 2. The Kier molecular flexibility index (Phi) is 5.90. The number of rotatable bonds is 6. The van der Waals surface area contributed by atoms with E-state index in [4.69, 9.17) is 9.47 Å². The predicted molar refractivity (Wildman–Crippen MR) is 110 cm³/mol. The van der Waals surface area contributed by atoms with E-state index in [1.165, 1.54) is 16.9 Å². The van der Waals surface area contributed by atoms with Gasteiger partial charge in [-0.3, -0.25) is 0 Å². The Labute approximate surface area is 163 Å². The zero-order valence-corrected chi connectivity index (χ0v) is 16.3. The number of thiazole rings is 1. The minimum Gasteiger partial charge on any atom is -0.493 e. The molecule has 27 heavy (non-hydrogen) atoms. The van der Waals surface area contributed by atoms with E-state index in [1.54, 1.807) is 7.11 Å². The molecule has 136 valence electrons. The number of hydrogen-bond donors (Lipinski definition) is 0. The van der Waals surface area contributed by atoms with Crippen LogP contribution in [-0.4, -0.2) is 18.7 Å². The number of methoxy groups -OCH3 is 1. The highest BCUT2D eigenvalue weighted by atomic mass is 32.1. The summed E-state index contributed by atoms with van der Waals surface area (Å²) < 4.78 is 10.9. The fourth-order valence-electron chi connectivity index (χ4n) is 2.61. The molecule has 0 fully saturated rings. The van der Waals surface area contributed by atoms with Crippen LogP contribution in [0.2, 0.25) is 0 Å². The lowest BCUT2D eigenvalue weighted by molar-refractivity contribution is 0.311. The summed E-state index contributed by atoms with van der Waals surface area (Å²) in [6, 6.07) is 16.1. The van der Waals surface area contributed by atoms with Gasteiger partial charge in [-0.15, -0.1) is 11.3 Å². The van der Waals surface area contributed by atoms with Crippen LogP contribution in [0.5, 0.6) is 11.5 Å². The van der Waals surface area contributed by atoms with Crippen LogP contribution in [-0.2, 0) is 0 Å². The van der Waals surface area contributed by atoms with Crippen LogP contribution < -0.4 is 9.47 Å². The molecule has 0 atom stereocenters. The molecule has 4 nitrogen and oxygen atoms in total. The minimum absolute atomic E-state index is 0.519. The van der Waals surface area contributed by atoms with Gasteiger partial charge in [0.15, 0.2) is 11.5 Å². The van der Waals surface area contributed by atoms with Crippen molar-refractivity contribution in [2.24, 2.45) is 0 Å². The lowest BCUT2D eigenvalue weighted by Gasteiger charge is -2.09. The second-order valence-electron chi connectivity index (χ2n) is 5.92. The zero-order chi connectivity index (χ0) is 19.2. The monoisotopic (exact) mass is 376 g/mol. The Morgan fingerprint density at radius 3 is 2.63 bits per heavy atom. The van der Waals surface area contributed by atoms with Gasteiger partial charge in [0, 0.05) is 10.9 Å². The smallest absolute Gasteiger partial charge is 0.161 e. The summed E-state index contributed by atoms with van der Waals surface area (Å²) in [5.74, 6) is 1.33. The molecule has 0 saturated carbocycles. The molecule has 1 aromatic heterocycles. The van der Waals surface area contributed by atoms with E-state index in [2.05, 4.69) is 30.1 Å². The predicted octanol–water partition coefficient (Wildman–Crippen LogP) is 5.59. The molecule has 0 radical (unpaired) electrons. The van der Waals surface area contributed by atoms with Gasteiger partial charge in [0.25, 0.3) is 0 Å². The number of aromatic nitrogens is 1. The van der Waals surface area contributed by atoms with E-state index in [0.717, 1.165) is 16.8 Å². The first kappa shape index (κ1) is 18.7. The molecule has 0 amide bonds. The molecule has 3 aromatic rings. The van der Waals surface area contributed by atoms with Crippen LogP contribution >= 0.6 is 11.3 Å². The molecular weight excluding hydrogens is 356 g/mol. The maximum atomic E-state index is 9.62. The normalized spacial score (nSPS) is 11.1. The topological polar surface area (TPSA) is 55.1 Å². The number of nitriles is 1. The van der Waals surface area contributed by atoms with Crippen molar-refractivity contribution < 1.29 is 9.47 Å². The highest BCUT2D eigenvalue weighted by Gasteiger charge is 2.10. The van der Waals surface area contributed by atoms with Gasteiger partial charge in [0.1, 0.15) is 11.1 Å². The second kappa shape index (κ2) is 8.52. The highest BCUT2D eigenvalue weighted by molar-refractivity contribution is 7.11. The standard InChI is InChI=1S/C22H20N2O2S/c1-4-26-21-12-16(7-10-20(21)25-3)11-18(13-23)22-24-19(14-27-22)17-8-5-15(2)6-9-17/h5-12,14H,4H2,1-3H3/b18-11+. The SMILES string of the molecule is CCOc1cc(/C=C(\C#N)c2nc(-c3ccc(C)cc3)cs2)ccc1OC. The van der Waals surface area contributed by atoms with Gasteiger partial charge < -0.3 is 9.47 Å². The van der Waals surface area contributed by atoms with Crippen LogP contribution in [0.3, 0.4) is 0 Å². The van der Waals surface area contributed by atoms with Crippen molar-refractivity contribution in [3.8, 4) is 28.8 Å². The van der Waals surface area contributed by atoms with Gasteiger partial charge in [-0.1, -0.05) is 35.9 Å². The third kappa shape index (κ3) is 4.36. The first-order valence-electron chi connectivity index (χ1n) is 8.60. The third-order valence-electron chi connectivity index (χ3n) is 4.00. The molecule has 1 heterocycles. The molecule has 0 saturated heterocycles. The largest absolute Gasteiger partial charge is 0.493 e. The Morgan fingerprint density at radius 1 is 1.19 bits per heavy atom. The maximum Gasteiger partial charge on any atom is 0.161 e. The van der Waals surface area contributed by atoms with E-state index in [9.17, 15) is 5.26 Å². The summed E-state index contributed by atoms with van der Waals surface area (Å²) in [5, 5.41) is 12.3. The number of hydrogen-bond acceptors (Lipinski definition) is 5. The van der Waals surface area contributed by atoms with Crippen molar-refractivity contribution in [1.82, 2.24) is 4.98 Å². The van der Waals surface area contributed by atoms with Crippen molar-refractivity contribution in [2.75, 3.05) is 13.7 Å². The van der Waals surface area contributed by atoms with Gasteiger partial charge in [-0.2, -0.15) is 5.26 Å². The minimum atomic E-state index is 0.519. The molecule has 5 heteroatoms. The maximum absolute atomic E-state index is 9.62. The first-order valence-corrected chi connectivity index (χ1v) is 9.48. The molecular formula is C22H20N2O2S. The van der Waals surface area contributed by atoms with Crippen LogP contribution in [0.25, 0.3) is 22.9 Å². The number of benzene rings is 2. The summed E-state index contributed by atoms with van der Waals surface area (Å²) in [4.78, 5) is 4.64. The van der Waals surface area contributed by atoms with Gasteiger partial charge in [-0.25, -0.2) is 4.98 Å². The highest BCUT2D eigenvalue weighted by Crippen LogP contribution is 2.31. The molecule has 0 N–H and O–H groups in total. The number of nitrogens with zero attached hydrogens (tertiary/aromatic N) is 2. The molecule has 0 aliphatic heterocycles. The van der Waals surface area contributed by atoms with Gasteiger partial charge in [0.2, 0.25) is 0 Å². The van der Waals surface area contributed by atoms with E-state index >= 15 is 0 Å². The van der Waals surface area contributed by atoms with Crippen molar-refractivity contribution in [1.29, 1.82) is 5.26 Å². The molecule has 3 rings (SSSR count). The Hall–Kier alpha value is -3.10. The Bertz CT molecular complexity index is 998. The summed E-state index contributed by atoms with van der Waals surface area (Å²) in [7, 11) is 1.61. The second-order valence-corrected chi connectivity index (χ2v) is 6.78. The zero-order valence-electron chi connectivity index (χ0n) is 15.5. The summed E-state index contributed by atoms with van der Waals surface area (Å²) in [5.41, 5.74) is 4.51. The van der Waals surface area contributed by atoms with E-state index in [-0.39, 0.29) is 0 Å².